The van der Waals surface area contributed by atoms with Crippen LogP contribution in [-0.4, -0.2) is 14.5 Å². The van der Waals surface area contributed by atoms with Crippen LogP contribution >= 0.6 is 0 Å². The predicted octanol–water partition coefficient (Wildman–Crippen LogP) is 13.3. The summed E-state index contributed by atoms with van der Waals surface area (Å²) in [5.41, 5.74) is 10.1. The van der Waals surface area contributed by atoms with Crippen molar-refractivity contribution in [3.05, 3.63) is 175 Å². The third kappa shape index (κ3) is 3.80. The molecule has 11 aromatic rings. The van der Waals surface area contributed by atoms with Crippen molar-refractivity contribution in [2.45, 2.75) is 19.3 Å². The van der Waals surface area contributed by atoms with E-state index in [0.29, 0.717) is 5.95 Å². The number of hydrogen-bond donors (Lipinski definition) is 0. The molecule has 0 saturated heterocycles. The number of para-hydroxylation sites is 1. The molecule has 252 valence electrons. The summed E-state index contributed by atoms with van der Waals surface area (Å²) in [6.07, 6.45) is 0. The van der Waals surface area contributed by atoms with Crippen molar-refractivity contribution in [1.29, 1.82) is 0 Å². The van der Waals surface area contributed by atoms with E-state index in [9.17, 15) is 0 Å². The highest BCUT2D eigenvalue weighted by atomic mass is 15.2. The SMILES string of the molecule is CC1(C)c2ccccc2-c2nc(-n3c4ccccc4c4c5c6ccccc6c6ccccc6c5c5ccc(-c6ccccc6)cc5c43)nc3cccc1c23. The first-order chi connectivity index (χ1) is 26.6. The Bertz CT molecular complexity index is 3410. The zero-order chi connectivity index (χ0) is 35.7. The van der Waals surface area contributed by atoms with Crippen LogP contribution in [0, 0.1) is 0 Å². The van der Waals surface area contributed by atoms with Crippen LogP contribution in [-0.2, 0) is 5.41 Å². The second-order valence-corrected chi connectivity index (χ2v) is 15.3. The van der Waals surface area contributed by atoms with E-state index in [4.69, 9.17) is 9.97 Å². The van der Waals surface area contributed by atoms with Gasteiger partial charge in [-0.3, -0.25) is 4.57 Å². The fraction of sp³-hybridized carbons (Fsp3) is 0.0588. The highest BCUT2D eigenvalue weighted by Crippen LogP contribution is 2.50. The lowest BCUT2D eigenvalue weighted by Crippen LogP contribution is -2.24. The molecule has 0 radical (unpaired) electrons. The van der Waals surface area contributed by atoms with Crippen LogP contribution < -0.4 is 0 Å². The minimum atomic E-state index is -0.173. The summed E-state index contributed by atoms with van der Waals surface area (Å²) in [6, 6.07) is 59.8. The summed E-state index contributed by atoms with van der Waals surface area (Å²) in [6.45, 7) is 4.64. The van der Waals surface area contributed by atoms with E-state index in [1.54, 1.807) is 0 Å². The molecule has 2 heterocycles. The van der Waals surface area contributed by atoms with Crippen molar-refractivity contribution in [2.75, 3.05) is 0 Å². The van der Waals surface area contributed by atoms with Crippen LogP contribution in [0.1, 0.15) is 25.0 Å². The van der Waals surface area contributed by atoms with Gasteiger partial charge in [-0.1, -0.05) is 159 Å². The molecule has 0 bridgehead atoms. The van der Waals surface area contributed by atoms with Crippen molar-refractivity contribution in [3.8, 4) is 28.3 Å². The monoisotopic (exact) mass is 687 g/mol. The van der Waals surface area contributed by atoms with E-state index in [1.807, 2.05) is 0 Å². The molecule has 1 aliphatic rings. The molecule has 1 aliphatic carbocycles. The molecule has 0 aliphatic heterocycles. The molecule has 2 aromatic heterocycles. The Morgan fingerprint density at radius 2 is 1.06 bits per heavy atom. The molecule has 0 amide bonds. The Labute approximate surface area is 311 Å². The topological polar surface area (TPSA) is 30.7 Å². The van der Waals surface area contributed by atoms with Gasteiger partial charge in [0.1, 0.15) is 0 Å². The summed E-state index contributed by atoms with van der Waals surface area (Å²) in [4.78, 5) is 11.1. The van der Waals surface area contributed by atoms with Gasteiger partial charge in [-0.05, 0) is 72.8 Å². The van der Waals surface area contributed by atoms with Gasteiger partial charge in [0.05, 0.1) is 22.2 Å². The van der Waals surface area contributed by atoms with Crippen LogP contribution in [0.25, 0.3) is 104 Å². The third-order valence-corrected chi connectivity index (χ3v) is 12.1. The van der Waals surface area contributed by atoms with Gasteiger partial charge >= 0.3 is 0 Å². The smallest absolute Gasteiger partial charge is 0.235 e. The maximum Gasteiger partial charge on any atom is 0.235 e. The first kappa shape index (κ1) is 29.7. The van der Waals surface area contributed by atoms with Gasteiger partial charge in [0, 0.05) is 37.9 Å². The molecule has 0 fully saturated rings. The Kier molecular flexibility index (Phi) is 5.84. The molecule has 0 atom stereocenters. The standard InChI is InChI=1S/C51H33N3/c1-51(2)40-23-12-10-21-37(40)48-47-41(51)24-14-25-42(47)52-50(53-48)54-43-26-13-11-22-38(43)46-45-35-20-9-7-18-33(35)32-17-6-8-19-34(32)44(45)36-28-27-31(29-39(36)49(46)54)30-15-4-3-5-16-30/h3-29H,1-2H3. The minimum absolute atomic E-state index is 0.173. The first-order valence-corrected chi connectivity index (χ1v) is 18.8. The summed E-state index contributed by atoms with van der Waals surface area (Å²) in [5, 5.41) is 13.6. The fourth-order valence-corrected chi connectivity index (χ4v) is 9.77. The van der Waals surface area contributed by atoms with Crippen molar-refractivity contribution in [3.63, 3.8) is 0 Å². The average molecular weight is 688 g/mol. The molecule has 0 N–H and O–H groups in total. The molecule has 12 rings (SSSR count). The molecule has 54 heavy (non-hydrogen) atoms. The van der Waals surface area contributed by atoms with E-state index in [1.165, 1.54) is 81.7 Å². The molecule has 0 saturated carbocycles. The van der Waals surface area contributed by atoms with E-state index in [2.05, 4.69) is 182 Å². The lowest BCUT2D eigenvalue weighted by molar-refractivity contribution is 0.643. The van der Waals surface area contributed by atoms with E-state index in [-0.39, 0.29) is 5.41 Å². The average Bonchev–Trinajstić information content (AvgIpc) is 3.58. The molecular weight excluding hydrogens is 655 g/mol. The van der Waals surface area contributed by atoms with Crippen LogP contribution in [0.3, 0.4) is 0 Å². The van der Waals surface area contributed by atoms with Crippen LogP contribution in [0.4, 0.5) is 0 Å². The van der Waals surface area contributed by atoms with Crippen LogP contribution in [0.5, 0.6) is 0 Å². The lowest BCUT2D eigenvalue weighted by Gasteiger charge is -2.34. The first-order valence-electron chi connectivity index (χ1n) is 18.8. The number of benzene rings is 9. The second kappa shape index (κ2) is 10.6. The van der Waals surface area contributed by atoms with Gasteiger partial charge in [-0.25, -0.2) is 9.97 Å². The van der Waals surface area contributed by atoms with Crippen molar-refractivity contribution in [1.82, 2.24) is 14.5 Å². The minimum Gasteiger partial charge on any atom is -0.277 e. The summed E-state index contributed by atoms with van der Waals surface area (Å²) < 4.78 is 2.36. The van der Waals surface area contributed by atoms with E-state index < -0.39 is 0 Å². The molecular formula is C51H33N3. The maximum absolute atomic E-state index is 5.61. The predicted molar refractivity (Wildman–Crippen MR) is 227 cm³/mol. The quantitative estimate of drug-likeness (QED) is 0.169. The normalized spacial score (nSPS) is 13.5. The zero-order valence-electron chi connectivity index (χ0n) is 29.9. The largest absolute Gasteiger partial charge is 0.277 e. The van der Waals surface area contributed by atoms with E-state index in [0.717, 1.165) is 27.6 Å². The molecule has 3 nitrogen and oxygen atoms in total. The van der Waals surface area contributed by atoms with Gasteiger partial charge in [-0.2, -0.15) is 0 Å². The van der Waals surface area contributed by atoms with Crippen molar-refractivity contribution < 1.29 is 0 Å². The zero-order valence-corrected chi connectivity index (χ0v) is 29.9. The number of fused-ring (bicyclic) bond motifs is 15. The Hall–Kier alpha value is -6.84. The molecule has 3 heteroatoms. The van der Waals surface area contributed by atoms with Gasteiger partial charge in [-0.15, -0.1) is 0 Å². The van der Waals surface area contributed by atoms with Gasteiger partial charge in [0.25, 0.3) is 0 Å². The Balaban J connectivity index is 1.34. The number of nitrogens with zero attached hydrogens (tertiary/aromatic N) is 3. The molecule has 0 spiro atoms. The van der Waals surface area contributed by atoms with Gasteiger partial charge in [0.2, 0.25) is 5.95 Å². The number of hydrogen-bond acceptors (Lipinski definition) is 2. The Morgan fingerprint density at radius 1 is 0.426 bits per heavy atom. The fourth-order valence-electron chi connectivity index (χ4n) is 9.77. The third-order valence-electron chi connectivity index (χ3n) is 12.1. The number of rotatable bonds is 2. The summed E-state index contributed by atoms with van der Waals surface area (Å²) in [5.74, 6) is 0.686. The molecule has 9 aromatic carbocycles. The Morgan fingerprint density at radius 3 is 1.85 bits per heavy atom. The maximum atomic E-state index is 5.61. The van der Waals surface area contributed by atoms with Gasteiger partial charge < -0.3 is 0 Å². The van der Waals surface area contributed by atoms with Crippen molar-refractivity contribution >= 4 is 75.8 Å². The highest BCUT2D eigenvalue weighted by molar-refractivity contribution is 6.42. The van der Waals surface area contributed by atoms with Crippen LogP contribution in [0.15, 0.2) is 164 Å². The summed E-state index contributed by atoms with van der Waals surface area (Å²) in [7, 11) is 0. The lowest BCUT2D eigenvalue weighted by atomic mass is 9.70. The highest BCUT2D eigenvalue weighted by Gasteiger charge is 2.35. The summed E-state index contributed by atoms with van der Waals surface area (Å²) >= 11 is 0. The number of aromatic nitrogens is 3. The van der Waals surface area contributed by atoms with Crippen LogP contribution in [0.2, 0.25) is 0 Å². The van der Waals surface area contributed by atoms with Crippen molar-refractivity contribution in [2.24, 2.45) is 0 Å². The second-order valence-electron chi connectivity index (χ2n) is 15.3. The molecule has 0 unspecified atom stereocenters. The van der Waals surface area contributed by atoms with Gasteiger partial charge in [0.15, 0.2) is 0 Å². The van der Waals surface area contributed by atoms with E-state index >= 15 is 0 Å².